The Hall–Kier alpha value is -4.34. The first-order chi connectivity index (χ1) is 19.8. The molecule has 14 nitrogen and oxygen atoms in total. The van der Waals surface area contributed by atoms with Crippen LogP contribution in [0.5, 0.6) is 11.8 Å². The number of methoxy groups -OCH3 is 2. The van der Waals surface area contributed by atoms with E-state index < -0.39 is 22.1 Å². The van der Waals surface area contributed by atoms with Crippen molar-refractivity contribution in [2.75, 3.05) is 43.7 Å². The summed E-state index contributed by atoms with van der Waals surface area (Å²) in [6.45, 7) is 1.78. The lowest BCUT2D eigenvalue weighted by Crippen LogP contribution is -2.39. The minimum Gasteiger partial charge on any atom is -0.481 e. The Labute approximate surface area is 252 Å². The summed E-state index contributed by atoms with van der Waals surface area (Å²) in [6.07, 6.45) is 0.445. The third-order valence-electron chi connectivity index (χ3n) is 4.88. The molecule has 1 heterocycles. The van der Waals surface area contributed by atoms with Crippen molar-refractivity contribution < 1.29 is 32.3 Å². The molecule has 0 aliphatic rings. The lowest BCUT2D eigenvalue weighted by Gasteiger charge is -2.15. The van der Waals surface area contributed by atoms with E-state index in [1.807, 2.05) is 0 Å². The second kappa shape index (κ2) is 15.6. The molecule has 0 aliphatic heterocycles. The number of hydrogen-bond acceptors (Lipinski definition) is 9. The van der Waals surface area contributed by atoms with Crippen LogP contribution in [-0.4, -0.2) is 69.4 Å². The fourth-order valence-electron chi connectivity index (χ4n) is 2.91. The Morgan fingerprint density at radius 3 is 2.07 bits per heavy atom. The highest BCUT2D eigenvalue weighted by molar-refractivity contribution is 7.91. The lowest BCUT2D eigenvalue weighted by atomic mass is 10.1. The number of aromatic nitrogens is 2. The zero-order chi connectivity index (χ0) is 31.4. The third-order valence-corrected chi connectivity index (χ3v) is 6.56. The highest BCUT2D eigenvalue weighted by atomic mass is 35.5. The molecule has 4 N–H and O–H groups in total. The number of halogens is 2. The van der Waals surface area contributed by atoms with Gasteiger partial charge in [0.15, 0.2) is 0 Å². The molecular weight excluding hydrogens is 613 g/mol. The van der Waals surface area contributed by atoms with Gasteiger partial charge in [-0.3, -0.25) is 19.6 Å². The molecule has 0 bridgehead atoms. The number of rotatable bonds is 9. The van der Waals surface area contributed by atoms with Gasteiger partial charge in [-0.25, -0.2) is 9.52 Å². The number of benzene rings is 2. The summed E-state index contributed by atoms with van der Waals surface area (Å²) in [5, 5.41) is 5.76. The van der Waals surface area contributed by atoms with E-state index in [-0.39, 0.29) is 34.9 Å². The van der Waals surface area contributed by atoms with Crippen LogP contribution < -0.4 is 29.6 Å². The van der Waals surface area contributed by atoms with Gasteiger partial charge in [-0.05, 0) is 30.3 Å². The van der Waals surface area contributed by atoms with Crippen LogP contribution in [0.1, 0.15) is 23.7 Å². The Morgan fingerprint density at radius 1 is 0.905 bits per heavy atom. The standard InChI is InChI=1S/C16H20N6O6S.C9H9Cl2NO/c1-22(2)14(23)10-7-5-6-8-11(10)20-29(25,26)21-16(24)19-15-17-12(27-3)9-13(18-15)28-4;1-2-9(13)12-6-3-4-7(10)8(11)5-6/h5-9,20H,1-4H3,(H2,17,18,19,21,24);3-5H,2H2,1H3,(H,12,13). The van der Waals surface area contributed by atoms with E-state index >= 15 is 0 Å². The van der Waals surface area contributed by atoms with Gasteiger partial charge in [0, 0.05) is 26.2 Å². The van der Waals surface area contributed by atoms with Crippen LogP contribution in [0.15, 0.2) is 48.5 Å². The molecule has 0 aliphatic carbocycles. The Bertz CT molecular complexity index is 1520. The summed E-state index contributed by atoms with van der Waals surface area (Å²) in [6, 6.07) is 11.2. The fraction of sp³-hybridized carbons (Fsp3) is 0.240. The van der Waals surface area contributed by atoms with Gasteiger partial charge in [-0.2, -0.15) is 18.4 Å². The first kappa shape index (κ1) is 33.9. The van der Waals surface area contributed by atoms with Gasteiger partial charge < -0.3 is 19.7 Å². The topological polar surface area (TPSA) is 181 Å². The fourth-order valence-corrected chi connectivity index (χ4v) is 4.02. The van der Waals surface area contributed by atoms with Crippen LogP contribution in [-0.2, 0) is 15.0 Å². The molecule has 0 atom stereocenters. The van der Waals surface area contributed by atoms with Crippen molar-refractivity contribution in [2.45, 2.75) is 13.3 Å². The van der Waals surface area contributed by atoms with E-state index in [4.69, 9.17) is 32.7 Å². The number of hydrogen-bond donors (Lipinski definition) is 4. The van der Waals surface area contributed by atoms with Gasteiger partial charge in [0.2, 0.25) is 23.6 Å². The second-order valence-corrected chi connectivity index (χ2v) is 10.4. The van der Waals surface area contributed by atoms with E-state index in [1.54, 1.807) is 42.0 Å². The summed E-state index contributed by atoms with van der Waals surface area (Å²) in [5.41, 5.74) is 0.788. The molecule has 0 saturated carbocycles. The number of nitrogens with one attached hydrogen (secondary N) is 4. The zero-order valence-electron chi connectivity index (χ0n) is 23.2. The average Bonchev–Trinajstić information content (AvgIpc) is 2.94. The number of carbonyl (C=O) groups excluding carboxylic acids is 3. The summed E-state index contributed by atoms with van der Waals surface area (Å²) < 4.78 is 38.4. The molecule has 3 aromatic rings. The largest absolute Gasteiger partial charge is 0.481 e. The van der Waals surface area contributed by atoms with Crippen LogP contribution in [0.2, 0.25) is 10.0 Å². The van der Waals surface area contributed by atoms with Gasteiger partial charge in [0.25, 0.3) is 5.91 Å². The van der Waals surface area contributed by atoms with E-state index in [0.717, 1.165) is 0 Å². The van der Waals surface area contributed by atoms with E-state index in [2.05, 4.69) is 25.3 Å². The summed E-state index contributed by atoms with van der Waals surface area (Å²) in [5.74, 6) is -0.492. The van der Waals surface area contributed by atoms with Crippen molar-refractivity contribution in [2.24, 2.45) is 0 Å². The van der Waals surface area contributed by atoms with Crippen LogP contribution in [0, 0.1) is 0 Å². The maximum absolute atomic E-state index is 12.3. The minimum absolute atomic E-state index is 0.00537. The average molecular weight is 643 g/mol. The maximum atomic E-state index is 12.3. The third kappa shape index (κ3) is 10.6. The van der Waals surface area contributed by atoms with Crippen molar-refractivity contribution in [3.63, 3.8) is 0 Å². The summed E-state index contributed by atoms with van der Waals surface area (Å²) in [4.78, 5) is 44.3. The first-order valence-electron chi connectivity index (χ1n) is 11.9. The predicted molar refractivity (Wildman–Crippen MR) is 160 cm³/mol. The van der Waals surface area contributed by atoms with Gasteiger partial charge in [0.05, 0.1) is 41.6 Å². The zero-order valence-corrected chi connectivity index (χ0v) is 25.5. The van der Waals surface area contributed by atoms with Crippen molar-refractivity contribution in [3.05, 3.63) is 64.1 Å². The maximum Gasteiger partial charge on any atom is 0.336 e. The molecule has 0 saturated heterocycles. The molecule has 2 aromatic carbocycles. The Morgan fingerprint density at radius 2 is 1.52 bits per heavy atom. The SMILES string of the molecule is CCC(=O)Nc1ccc(Cl)c(Cl)c1.COc1cc(OC)nc(NC(=O)NS(=O)(=O)Nc2ccccc2C(=O)N(C)C)n1. The molecule has 0 unspecified atom stereocenters. The number of anilines is 3. The molecule has 226 valence electrons. The van der Waals surface area contributed by atoms with Crippen molar-refractivity contribution in [1.82, 2.24) is 19.6 Å². The van der Waals surface area contributed by atoms with Gasteiger partial charge in [-0.15, -0.1) is 0 Å². The number of ether oxygens (including phenoxy) is 2. The number of nitrogens with zero attached hydrogens (tertiary/aromatic N) is 3. The smallest absolute Gasteiger partial charge is 0.336 e. The van der Waals surface area contributed by atoms with Crippen LogP contribution >= 0.6 is 23.2 Å². The summed E-state index contributed by atoms with van der Waals surface area (Å²) in [7, 11) is 1.40. The molecule has 0 radical (unpaired) electrons. The van der Waals surface area contributed by atoms with Crippen LogP contribution in [0.25, 0.3) is 0 Å². The second-order valence-electron chi connectivity index (χ2n) is 8.21. The molecule has 3 rings (SSSR count). The number of carbonyl (C=O) groups is 3. The van der Waals surface area contributed by atoms with Gasteiger partial charge >= 0.3 is 16.2 Å². The van der Waals surface area contributed by atoms with Crippen molar-refractivity contribution >= 4 is 68.6 Å². The van der Waals surface area contributed by atoms with E-state index in [0.29, 0.717) is 22.2 Å². The predicted octanol–water partition coefficient (Wildman–Crippen LogP) is 4.02. The lowest BCUT2D eigenvalue weighted by molar-refractivity contribution is -0.115. The highest BCUT2D eigenvalue weighted by Gasteiger charge is 2.20. The molecular formula is C25H29Cl2N7O7S. The molecule has 42 heavy (non-hydrogen) atoms. The first-order valence-corrected chi connectivity index (χ1v) is 14.2. The molecule has 4 amide bonds. The quantitative estimate of drug-likeness (QED) is 0.268. The van der Waals surface area contributed by atoms with E-state index in [9.17, 15) is 22.8 Å². The Kier molecular flexibility index (Phi) is 12.6. The Balaban J connectivity index is 0.000000395. The highest BCUT2D eigenvalue weighted by Crippen LogP contribution is 2.25. The number of amides is 4. The monoisotopic (exact) mass is 641 g/mol. The van der Waals surface area contributed by atoms with Gasteiger partial charge in [0.1, 0.15) is 0 Å². The van der Waals surface area contributed by atoms with Crippen LogP contribution in [0.3, 0.4) is 0 Å². The minimum atomic E-state index is -4.37. The molecule has 0 spiro atoms. The molecule has 0 fully saturated rings. The van der Waals surface area contributed by atoms with Crippen molar-refractivity contribution in [1.29, 1.82) is 0 Å². The number of urea groups is 1. The van der Waals surface area contributed by atoms with Crippen LogP contribution in [0.4, 0.5) is 22.1 Å². The van der Waals surface area contributed by atoms with E-state index in [1.165, 1.54) is 51.4 Å². The molecule has 1 aromatic heterocycles. The normalized spacial score (nSPS) is 10.4. The van der Waals surface area contributed by atoms with Crippen molar-refractivity contribution in [3.8, 4) is 11.8 Å². The summed E-state index contributed by atoms with van der Waals surface area (Å²) >= 11 is 11.5. The number of para-hydroxylation sites is 1. The van der Waals surface area contributed by atoms with Gasteiger partial charge in [-0.1, -0.05) is 42.3 Å². The molecule has 17 heteroatoms.